The van der Waals surface area contributed by atoms with E-state index in [4.69, 9.17) is 0 Å². The van der Waals surface area contributed by atoms with Crippen LogP contribution in [0, 0.1) is 11.8 Å². The van der Waals surface area contributed by atoms with Crippen LogP contribution in [0.5, 0.6) is 0 Å². The van der Waals surface area contributed by atoms with E-state index in [1.807, 2.05) is 0 Å². The van der Waals surface area contributed by atoms with Crippen molar-refractivity contribution in [3.8, 4) is 0 Å². The molecular formula is C18H28N2O. The lowest BCUT2D eigenvalue weighted by Crippen LogP contribution is -2.42. The number of piperidine rings is 1. The molecule has 3 heteroatoms. The van der Waals surface area contributed by atoms with E-state index in [0.29, 0.717) is 12.5 Å². The van der Waals surface area contributed by atoms with Crippen LogP contribution in [0.1, 0.15) is 32.3 Å². The van der Waals surface area contributed by atoms with E-state index >= 15 is 0 Å². The standard InChI is InChI=1S/C18H28N2O/c1-15(2)13-19-18(21)14-20-10-8-17(9-11-20)12-16-6-4-3-5-7-16/h3-7,15,17H,8-14H2,1-2H3,(H,19,21). The third kappa shape index (κ3) is 5.88. The van der Waals surface area contributed by atoms with Gasteiger partial charge < -0.3 is 5.32 Å². The molecular weight excluding hydrogens is 260 g/mol. The number of nitrogens with zero attached hydrogens (tertiary/aromatic N) is 1. The molecule has 1 aromatic carbocycles. The first-order valence-corrected chi connectivity index (χ1v) is 8.16. The number of hydrogen-bond acceptors (Lipinski definition) is 2. The molecule has 1 amide bonds. The van der Waals surface area contributed by atoms with Gasteiger partial charge in [0.1, 0.15) is 0 Å². The zero-order chi connectivity index (χ0) is 15.1. The Kier molecular flexibility index (Phi) is 6.24. The summed E-state index contributed by atoms with van der Waals surface area (Å²) >= 11 is 0. The van der Waals surface area contributed by atoms with Crippen LogP contribution >= 0.6 is 0 Å². The summed E-state index contributed by atoms with van der Waals surface area (Å²) < 4.78 is 0. The van der Waals surface area contributed by atoms with Gasteiger partial charge in [-0.3, -0.25) is 9.69 Å². The predicted molar refractivity (Wildman–Crippen MR) is 87.2 cm³/mol. The normalized spacial score (nSPS) is 17.1. The second-order valence-corrected chi connectivity index (χ2v) is 6.61. The highest BCUT2D eigenvalue weighted by molar-refractivity contribution is 5.78. The third-order valence-electron chi connectivity index (χ3n) is 4.15. The first-order chi connectivity index (χ1) is 10.1. The summed E-state index contributed by atoms with van der Waals surface area (Å²) in [4.78, 5) is 14.1. The Morgan fingerprint density at radius 2 is 1.90 bits per heavy atom. The van der Waals surface area contributed by atoms with Crippen molar-refractivity contribution in [3.05, 3.63) is 35.9 Å². The predicted octanol–water partition coefficient (Wildman–Crippen LogP) is 2.71. The summed E-state index contributed by atoms with van der Waals surface area (Å²) in [6.45, 7) is 7.68. The summed E-state index contributed by atoms with van der Waals surface area (Å²) in [5, 5.41) is 3.00. The van der Waals surface area contributed by atoms with Crippen molar-refractivity contribution in [3.63, 3.8) is 0 Å². The molecule has 1 N–H and O–H groups in total. The van der Waals surface area contributed by atoms with Crippen molar-refractivity contribution in [1.82, 2.24) is 10.2 Å². The van der Waals surface area contributed by atoms with Crippen molar-refractivity contribution in [1.29, 1.82) is 0 Å². The van der Waals surface area contributed by atoms with E-state index in [1.54, 1.807) is 0 Å². The fourth-order valence-electron chi connectivity index (χ4n) is 2.87. The Morgan fingerprint density at radius 1 is 1.24 bits per heavy atom. The van der Waals surface area contributed by atoms with Crippen molar-refractivity contribution in [2.75, 3.05) is 26.2 Å². The minimum absolute atomic E-state index is 0.171. The number of likely N-dealkylation sites (tertiary alicyclic amines) is 1. The average Bonchev–Trinajstić information content (AvgIpc) is 2.48. The lowest BCUT2D eigenvalue weighted by atomic mass is 9.90. The van der Waals surface area contributed by atoms with Gasteiger partial charge in [0.15, 0.2) is 0 Å². The molecule has 0 bridgehead atoms. The van der Waals surface area contributed by atoms with Gasteiger partial charge in [-0.2, -0.15) is 0 Å². The number of amides is 1. The van der Waals surface area contributed by atoms with Crippen molar-refractivity contribution < 1.29 is 4.79 Å². The third-order valence-corrected chi connectivity index (χ3v) is 4.15. The fraction of sp³-hybridized carbons (Fsp3) is 0.611. The fourth-order valence-corrected chi connectivity index (χ4v) is 2.87. The molecule has 116 valence electrons. The molecule has 0 aliphatic carbocycles. The minimum Gasteiger partial charge on any atom is -0.355 e. The van der Waals surface area contributed by atoms with Gasteiger partial charge in [0.05, 0.1) is 6.54 Å². The van der Waals surface area contributed by atoms with E-state index in [1.165, 1.54) is 24.8 Å². The van der Waals surface area contributed by atoms with Gasteiger partial charge in [-0.25, -0.2) is 0 Å². The van der Waals surface area contributed by atoms with Crippen molar-refractivity contribution in [2.24, 2.45) is 11.8 Å². The molecule has 1 heterocycles. The Morgan fingerprint density at radius 3 is 2.52 bits per heavy atom. The molecule has 1 saturated heterocycles. The number of benzene rings is 1. The first-order valence-electron chi connectivity index (χ1n) is 8.16. The second kappa shape index (κ2) is 8.18. The maximum absolute atomic E-state index is 11.8. The van der Waals surface area contributed by atoms with Crippen molar-refractivity contribution >= 4 is 5.91 Å². The average molecular weight is 288 g/mol. The molecule has 21 heavy (non-hydrogen) atoms. The summed E-state index contributed by atoms with van der Waals surface area (Å²) in [5.41, 5.74) is 1.44. The molecule has 0 saturated carbocycles. The van der Waals surface area contributed by atoms with Gasteiger partial charge >= 0.3 is 0 Å². The number of carbonyl (C=O) groups is 1. The van der Waals surface area contributed by atoms with E-state index in [0.717, 1.165) is 25.6 Å². The van der Waals surface area contributed by atoms with Crippen molar-refractivity contribution in [2.45, 2.75) is 33.1 Å². The number of carbonyl (C=O) groups excluding carboxylic acids is 1. The molecule has 3 nitrogen and oxygen atoms in total. The van der Waals surface area contributed by atoms with Gasteiger partial charge in [-0.15, -0.1) is 0 Å². The summed E-state index contributed by atoms with van der Waals surface area (Å²) in [6.07, 6.45) is 3.58. The van der Waals surface area contributed by atoms with Crippen LogP contribution in [0.15, 0.2) is 30.3 Å². The Hall–Kier alpha value is -1.35. The highest BCUT2D eigenvalue weighted by atomic mass is 16.2. The molecule has 1 aromatic rings. The summed E-state index contributed by atoms with van der Waals surface area (Å²) in [7, 11) is 0. The quantitative estimate of drug-likeness (QED) is 0.873. The molecule has 0 radical (unpaired) electrons. The molecule has 0 atom stereocenters. The van der Waals surface area contributed by atoms with Crippen LogP contribution in [-0.2, 0) is 11.2 Å². The van der Waals surface area contributed by atoms with Crippen LogP contribution in [0.3, 0.4) is 0 Å². The zero-order valence-corrected chi connectivity index (χ0v) is 13.3. The van der Waals surface area contributed by atoms with Crippen LogP contribution < -0.4 is 5.32 Å². The van der Waals surface area contributed by atoms with Gasteiger partial charge in [0.2, 0.25) is 5.91 Å². The summed E-state index contributed by atoms with van der Waals surface area (Å²) in [6, 6.07) is 10.7. The largest absolute Gasteiger partial charge is 0.355 e. The maximum Gasteiger partial charge on any atom is 0.234 e. The maximum atomic E-state index is 11.8. The van der Waals surface area contributed by atoms with Gasteiger partial charge in [0, 0.05) is 6.54 Å². The molecule has 2 rings (SSSR count). The van der Waals surface area contributed by atoms with Crippen LogP contribution in [-0.4, -0.2) is 37.0 Å². The second-order valence-electron chi connectivity index (χ2n) is 6.61. The molecule has 1 aliphatic heterocycles. The molecule has 1 aliphatic rings. The van der Waals surface area contributed by atoms with Gasteiger partial charge in [-0.05, 0) is 49.8 Å². The SMILES string of the molecule is CC(C)CNC(=O)CN1CCC(Cc2ccccc2)CC1. The monoisotopic (exact) mass is 288 g/mol. The van der Waals surface area contributed by atoms with E-state index in [-0.39, 0.29) is 5.91 Å². The lowest BCUT2D eigenvalue weighted by Gasteiger charge is -2.31. The van der Waals surface area contributed by atoms with Gasteiger partial charge in [-0.1, -0.05) is 44.2 Å². The zero-order valence-electron chi connectivity index (χ0n) is 13.3. The van der Waals surface area contributed by atoms with E-state index in [9.17, 15) is 4.79 Å². The number of rotatable bonds is 6. The Bertz CT molecular complexity index is 422. The highest BCUT2D eigenvalue weighted by Gasteiger charge is 2.20. The number of nitrogens with one attached hydrogen (secondary N) is 1. The van der Waals surface area contributed by atoms with Crippen LogP contribution in [0.25, 0.3) is 0 Å². The summed E-state index contributed by atoms with van der Waals surface area (Å²) in [5.74, 6) is 1.46. The smallest absolute Gasteiger partial charge is 0.234 e. The van der Waals surface area contributed by atoms with E-state index < -0.39 is 0 Å². The Balaban J connectivity index is 1.67. The highest BCUT2D eigenvalue weighted by Crippen LogP contribution is 2.21. The Labute approximate surface area is 128 Å². The number of hydrogen-bond donors (Lipinski definition) is 1. The van der Waals surface area contributed by atoms with E-state index in [2.05, 4.69) is 54.4 Å². The minimum atomic E-state index is 0.171. The molecule has 0 spiro atoms. The molecule has 0 unspecified atom stereocenters. The van der Waals surface area contributed by atoms with Crippen LogP contribution in [0.2, 0.25) is 0 Å². The lowest BCUT2D eigenvalue weighted by molar-refractivity contribution is -0.122. The van der Waals surface area contributed by atoms with Crippen LogP contribution in [0.4, 0.5) is 0 Å². The first kappa shape index (κ1) is 16.0. The topological polar surface area (TPSA) is 32.3 Å². The van der Waals surface area contributed by atoms with Gasteiger partial charge in [0.25, 0.3) is 0 Å². The molecule has 1 fully saturated rings. The molecule has 0 aromatic heterocycles.